The summed E-state index contributed by atoms with van der Waals surface area (Å²) in [5.41, 5.74) is 0.449. The minimum absolute atomic E-state index is 0.449. The van der Waals surface area contributed by atoms with Crippen LogP contribution in [0, 0.1) is 17.3 Å². The highest BCUT2D eigenvalue weighted by molar-refractivity contribution is 4.81. The Balaban J connectivity index is 2.43. The molecule has 1 rings (SSSR count). The van der Waals surface area contributed by atoms with Gasteiger partial charge >= 0.3 is 0 Å². The summed E-state index contributed by atoms with van der Waals surface area (Å²) in [5, 5.41) is 3.63. The van der Waals surface area contributed by atoms with Crippen LogP contribution in [0.2, 0.25) is 0 Å². The van der Waals surface area contributed by atoms with Gasteiger partial charge in [-0.05, 0) is 30.2 Å². The minimum atomic E-state index is 0.449. The van der Waals surface area contributed by atoms with Crippen molar-refractivity contribution in [2.75, 3.05) is 6.54 Å². The zero-order valence-electron chi connectivity index (χ0n) is 12.0. The molecule has 0 aromatic heterocycles. The van der Waals surface area contributed by atoms with E-state index in [0.29, 0.717) is 11.5 Å². The fourth-order valence-corrected chi connectivity index (χ4v) is 2.77. The first kappa shape index (κ1) is 14.0. The lowest BCUT2D eigenvalue weighted by Crippen LogP contribution is -2.36. The molecule has 1 unspecified atom stereocenters. The molecule has 1 heteroatoms. The van der Waals surface area contributed by atoms with E-state index in [4.69, 9.17) is 0 Å². The first-order chi connectivity index (χ1) is 7.39. The molecular weight excluding hydrogens is 194 g/mol. The number of hydrogen-bond acceptors (Lipinski definition) is 1. The minimum Gasteiger partial charge on any atom is -0.314 e. The van der Waals surface area contributed by atoms with Gasteiger partial charge in [0, 0.05) is 6.04 Å². The number of nitrogens with one attached hydrogen (secondary N) is 1. The smallest absolute Gasteiger partial charge is 0.00104 e. The standard InChI is InChI=1S/C15H31N/c1-12(2)16-11-14(15(3,4)5)10-13-8-6-7-9-13/h12-14,16H,6-11H2,1-5H3. The fraction of sp³-hybridized carbons (Fsp3) is 1.00. The molecule has 0 aromatic carbocycles. The summed E-state index contributed by atoms with van der Waals surface area (Å²) >= 11 is 0. The van der Waals surface area contributed by atoms with Crippen LogP contribution in [0.3, 0.4) is 0 Å². The highest BCUT2D eigenvalue weighted by Gasteiger charge is 2.28. The average molecular weight is 225 g/mol. The van der Waals surface area contributed by atoms with Crippen LogP contribution in [0.4, 0.5) is 0 Å². The van der Waals surface area contributed by atoms with Crippen LogP contribution in [-0.4, -0.2) is 12.6 Å². The van der Waals surface area contributed by atoms with Gasteiger partial charge in [-0.2, -0.15) is 0 Å². The van der Waals surface area contributed by atoms with Crippen LogP contribution in [0.1, 0.15) is 66.7 Å². The summed E-state index contributed by atoms with van der Waals surface area (Å²) in [6.45, 7) is 12.9. The van der Waals surface area contributed by atoms with E-state index in [0.717, 1.165) is 11.8 Å². The molecule has 1 N–H and O–H groups in total. The predicted molar refractivity (Wildman–Crippen MR) is 72.7 cm³/mol. The van der Waals surface area contributed by atoms with Crippen molar-refractivity contribution < 1.29 is 0 Å². The zero-order chi connectivity index (χ0) is 12.2. The van der Waals surface area contributed by atoms with Crippen molar-refractivity contribution in [2.45, 2.75) is 72.8 Å². The van der Waals surface area contributed by atoms with Gasteiger partial charge in [0.05, 0.1) is 0 Å². The van der Waals surface area contributed by atoms with E-state index in [1.807, 2.05) is 0 Å². The van der Waals surface area contributed by atoms with Crippen molar-refractivity contribution >= 4 is 0 Å². The van der Waals surface area contributed by atoms with Crippen molar-refractivity contribution in [3.05, 3.63) is 0 Å². The van der Waals surface area contributed by atoms with Gasteiger partial charge in [-0.1, -0.05) is 60.3 Å². The maximum absolute atomic E-state index is 3.63. The molecule has 0 radical (unpaired) electrons. The normalized spacial score (nSPS) is 20.6. The predicted octanol–water partition coefficient (Wildman–Crippen LogP) is 4.23. The number of rotatable bonds is 5. The third kappa shape index (κ3) is 4.86. The van der Waals surface area contributed by atoms with E-state index in [9.17, 15) is 0 Å². The molecule has 0 spiro atoms. The first-order valence-corrected chi connectivity index (χ1v) is 7.13. The summed E-state index contributed by atoms with van der Waals surface area (Å²) in [7, 11) is 0. The third-order valence-corrected chi connectivity index (χ3v) is 4.09. The lowest BCUT2D eigenvalue weighted by Gasteiger charge is -2.33. The molecule has 1 aliphatic carbocycles. The Labute approximate surface area is 102 Å². The topological polar surface area (TPSA) is 12.0 Å². The molecule has 1 saturated carbocycles. The molecule has 0 amide bonds. The van der Waals surface area contributed by atoms with E-state index in [-0.39, 0.29) is 0 Å². The van der Waals surface area contributed by atoms with Gasteiger partial charge in [-0.3, -0.25) is 0 Å². The second kappa shape index (κ2) is 6.05. The maximum atomic E-state index is 3.63. The van der Waals surface area contributed by atoms with Crippen LogP contribution in [-0.2, 0) is 0 Å². The fourth-order valence-electron chi connectivity index (χ4n) is 2.77. The Morgan fingerprint density at radius 1 is 1.12 bits per heavy atom. The van der Waals surface area contributed by atoms with Crippen molar-refractivity contribution in [1.82, 2.24) is 5.32 Å². The average Bonchev–Trinajstić information content (AvgIpc) is 2.62. The quantitative estimate of drug-likeness (QED) is 0.738. The van der Waals surface area contributed by atoms with Gasteiger partial charge in [-0.15, -0.1) is 0 Å². The van der Waals surface area contributed by atoms with Crippen LogP contribution in [0.15, 0.2) is 0 Å². The molecule has 1 atom stereocenters. The molecule has 0 saturated heterocycles. The monoisotopic (exact) mass is 225 g/mol. The van der Waals surface area contributed by atoms with E-state index < -0.39 is 0 Å². The Morgan fingerprint density at radius 2 is 1.69 bits per heavy atom. The molecule has 0 bridgehead atoms. The summed E-state index contributed by atoms with van der Waals surface area (Å²) in [4.78, 5) is 0. The largest absolute Gasteiger partial charge is 0.314 e. The van der Waals surface area contributed by atoms with Crippen LogP contribution < -0.4 is 5.32 Å². The van der Waals surface area contributed by atoms with E-state index in [1.165, 1.54) is 38.6 Å². The number of hydrogen-bond donors (Lipinski definition) is 1. The van der Waals surface area contributed by atoms with Crippen molar-refractivity contribution in [1.29, 1.82) is 0 Å². The van der Waals surface area contributed by atoms with Gasteiger partial charge in [-0.25, -0.2) is 0 Å². The second-order valence-electron chi connectivity index (χ2n) is 7.01. The molecule has 1 fully saturated rings. The van der Waals surface area contributed by atoms with E-state index in [2.05, 4.69) is 39.9 Å². The Bertz CT molecular complexity index is 184. The lowest BCUT2D eigenvalue weighted by atomic mass is 9.75. The molecule has 96 valence electrons. The van der Waals surface area contributed by atoms with E-state index in [1.54, 1.807) is 0 Å². The highest BCUT2D eigenvalue weighted by Crippen LogP contribution is 2.37. The Morgan fingerprint density at radius 3 is 2.12 bits per heavy atom. The molecule has 0 aliphatic heterocycles. The summed E-state index contributed by atoms with van der Waals surface area (Å²) in [6, 6.07) is 0.619. The maximum Gasteiger partial charge on any atom is 0.00104 e. The SMILES string of the molecule is CC(C)NCC(CC1CCCC1)C(C)(C)C. The van der Waals surface area contributed by atoms with Crippen LogP contribution in [0.25, 0.3) is 0 Å². The van der Waals surface area contributed by atoms with Gasteiger partial charge in [0.1, 0.15) is 0 Å². The molecular formula is C15H31N. The molecule has 0 heterocycles. The highest BCUT2D eigenvalue weighted by atomic mass is 14.9. The summed E-state index contributed by atoms with van der Waals surface area (Å²) in [5.74, 6) is 1.84. The molecule has 1 aliphatic rings. The summed E-state index contributed by atoms with van der Waals surface area (Å²) in [6.07, 6.45) is 7.34. The van der Waals surface area contributed by atoms with Crippen LogP contribution in [0.5, 0.6) is 0 Å². The molecule has 1 nitrogen and oxygen atoms in total. The van der Waals surface area contributed by atoms with Crippen molar-refractivity contribution in [3.8, 4) is 0 Å². The van der Waals surface area contributed by atoms with Crippen LogP contribution >= 0.6 is 0 Å². The van der Waals surface area contributed by atoms with Crippen molar-refractivity contribution in [3.63, 3.8) is 0 Å². The van der Waals surface area contributed by atoms with E-state index >= 15 is 0 Å². The van der Waals surface area contributed by atoms with Gasteiger partial charge in [0.2, 0.25) is 0 Å². The Kier molecular flexibility index (Phi) is 5.30. The van der Waals surface area contributed by atoms with Gasteiger partial charge in [0.15, 0.2) is 0 Å². The second-order valence-corrected chi connectivity index (χ2v) is 7.01. The van der Waals surface area contributed by atoms with Gasteiger partial charge in [0.25, 0.3) is 0 Å². The Hall–Kier alpha value is -0.0400. The summed E-state index contributed by atoms with van der Waals surface area (Å²) < 4.78 is 0. The lowest BCUT2D eigenvalue weighted by molar-refractivity contribution is 0.187. The van der Waals surface area contributed by atoms with Gasteiger partial charge < -0.3 is 5.32 Å². The molecule has 16 heavy (non-hydrogen) atoms. The molecule has 0 aromatic rings. The third-order valence-electron chi connectivity index (χ3n) is 4.09. The van der Waals surface area contributed by atoms with Crippen molar-refractivity contribution in [2.24, 2.45) is 17.3 Å². The zero-order valence-corrected chi connectivity index (χ0v) is 12.0. The first-order valence-electron chi connectivity index (χ1n) is 7.13.